The lowest BCUT2D eigenvalue weighted by Crippen LogP contribution is -2.28. The fourth-order valence-electron chi connectivity index (χ4n) is 2.56. The van der Waals surface area contributed by atoms with Crippen LogP contribution in [0.1, 0.15) is 47.4 Å². The first-order valence-electron chi connectivity index (χ1n) is 6.76. The van der Waals surface area contributed by atoms with Gasteiger partial charge in [-0.05, 0) is 24.0 Å². The molecule has 0 saturated heterocycles. The Kier molecular flexibility index (Phi) is 4.52. The first kappa shape index (κ1) is 14.7. The minimum Gasteiger partial charge on any atom is -0.390 e. The van der Waals surface area contributed by atoms with Gasteiger partial charge in [-0.2, -0.15) is 0 Å². The van der Waals surface area contributed by atoms with Crippen molar-refractivity contribution >= 4 is 11.7 Å². The molecule has 0 bridgehead atoms. The van der Waals surface area contributed by atoms with E-state index < -0.39 is 12.2 Å². The summed E-state index contributed by atoms with van der Waals surface area (Å²) in [7, 11) is 0. The molecule has 3 N–H and O–H groups in total. The molecule has 0 heterocycles. The molecule has 1 aliphatic rings. The largest absolute Gasteiger partial charge is 0.390 e. The highest BCUT2D eigenvalue weighted by molar-refractivity contribution is 6.00. The standard InChI is InChI=1S/C15H19NO4/c1-9(17)16-8-7-14(19)15(20)12-4-2-3-11-10(12)5-6-13(11)18/h2-4,14-15,19-20H,5-8H2,1H3,(H,16,17). The molecule has 1 amide bonds. The molecule has 108 valence electrons. The van der Waals surface area contributed by atoms with E-state index in [1.165, 1.54) is 6.92 Å². The first-order chi connectivity index (χ1) is 9.50. The summed E-state index contributed by atoms with van der Waals surface area (Å²) >= 11 is 0. The van der Waals surface area contributed by atoms with Crippen molar-refractivity contribution in [2.45, 2.75) is 38.4 Å². The SMILES string of the molecule is CC(=O)NCCC(O)C(O)c1cccc2c1CCC2=O. The van der Waals surface area contributed by atoms with Gasteiger partial charge >= 0.3 is 0 Å². The van der Waals surface area contributed by atoms with Crippen molar-refractivity contribution in [3.05, 3.63) is 34.9 Å². The van der Waals surface area contributed by atoms with Gasteiger partial charge in [0.05, 0.1) is 6.10 Å². The molecule has 2 rings (SSSR count). The van der Waals surface area contributed by atoms with E-state index in [2.05, 4.69) is 5.32 Å². The van der Waals surface area contributed by atoms with Crippen LogP contribution in [-0.4, -0.2) is 34.6 Å². The molecule has 20 heavy (non-hydrogen) atoms. The quantitative estimate of drug-likeness (QED) is 0.740. The molecule has 0 fully saturated rings. The minimum atomic E-state index is -1.04. The third-order valence-electron chi connectivity index (χ3n) is 3.61. The van der Waals surface area contributed by atoms with Gasteiger partial charge in [0, 0.05) is 25.5 Å². The molecule has 5 heteroatoms. The third kappa shape index (κ3) is 3.05. The van der Waals surface area contributed by atoms with Crippen LogP contribution >= 0.6 is 0 Å². The summed E-state index contributed by atoms with van der Waals surface area (Å²) in [4.78, 5) is 22.4. The van der Waals surface area contributed by atoms with Gasteiger partial charge in [0.1, 0.15) is 6.10 Å². The molecular weight excluding hydrogens is 258 g/mol. The maximum Gasteiger partial charge on any atom is 0.216 e. The predicted octanol–water partition coefficient (Wildman–Crippen LogP) is 0.736. The molecule has 0 saturated carbocycles. The zero-order chi connectivity index (χ0) is 14.7. The third-order valence-corrected chi connectivity index (χ3v) is 3.61. The monoisotopic (exact) mass is 277 g/mol. The van der Waals surface area contributed by atoms with Crippen LogP contribution in [0, 0.1) is 0 Å². The van der Waals surface area contributed by atoms with E-state index in [4.69, 9.17) is 0 Å². The molecule has 1 aromatic carbocycles. The molecule has 2 atom stereocenters. The Balaban J connectivity index is 2.08. The predicted molar refractivity (Wildman–Crippen MR) is 73.4 cm³/mol. The van der Waals surface area contributed by atoms with E-state index in [-0.39, 0.29) is 18.1 Å². The maximum absolute atomic E-state index is 11.7. The second-order valence-corrected chi connectivity index (χ2v) is 5.08. The van der Waals surface area contributed by atoms with Gasteiger partial charge in [-0.15, -0.1) is 0 Å². The van der Waals surface area contributed by atoms with Gasteiger partial charge in [0.2, 0.25) is 5.91 Å². The Bertz CT molecular complexity index is 527. The van der Waals surface area contributed by atoms with Crippen molar-refractivity contribution in [1.82, 2.24) is 5.32 Å². The number of nitrogens with one attached hydrogen (secondary N) is 1. The lowest BCUT2D eigenvalue weighted by atomic mass is 9.95. The van der Waals surface area contributed by atoms with Crippen LogP contribution in [0.2, 0.25) is 0 Å². The number of hydrogen-bond acceptors (Lipinski definition) is 4. The van der Waals surface area contributed by atoms with Crippen molar-refractivity contribution in [1.29, 1.82) is 0 Å². The second-order valence-electron chi connectivity index (χ2n) is 5.08. The molecule has 0 aliphatic heterocycles. The summed E-state index contributed by atoms with van der Waals surface area (Å²) in [6.07, 6.45) is -0.673. The number of aliphatic hydroxyl groups is 2. The number of benzene rings is 1. The van der Waals surface area contributed by atoms with Crippen LogP contribution in [0.25, 0.3) is 0 Å². The Morgan fingerprint density at radius 2 is 2.10 bits per heavy atom. The number of fused-ring (bicyclic) bond motifs is 1. The van der Waals surface area contributed by atoms with Gasteiger partial charge in [0.15, 0.2) is 5.78 Å². The zero-order valence-corrected chi connectivity index (χ0v) is 11.4. The van der Waals surface area contributed by atoms with Gasteiger partial charge < -0.3 is 15.5 Å². The van der Waals surface area contributed by atoms with Crippen molar-refractivity contribution in [3.8, 4) is 0 Å². The number of carbonyl (C=O) groups excluding carboxylic acids is 2. The van der Waals surface area contributed by atoms with Gasteiger partial charge in [-0.1, -0.05) is 18.2 Å². The van der Waals surface area contributed by atoms with Crippen LogP contribution in [0.15, 0.2) is 18.2 Å². The molecule has 1 aliphatic carbocycles. The Morgan fingerprint density at radius 3 is 2.80 bits per heavy atom. The fourth-order valence-corrected chi connectivity index (χ4v) is 2.56. The molecule has 0 spiro atoms. The van der Waals surface area contributed by atoms with E-state index in [0.717, 1.165) is 5.56 Å². The average Bonchev–Trinajstić information content (AvgIpc) is 2.79. The van der Waals surface area contributed by atoms with Crippen molar-refractivity contribution in [3.63, 3.8) is 0 Å². The van der Waals surface area contributed by atoms with Gasteiger partial charge in [0.25, 0.3) is 0 Å². The lowest BCUT2D eigenvalue weighted by molar-refractivity contribution is -0.119. The van der Waals surface area contributed by atoms with Crippen LogP contribution in [0.3, 0.4) is 0 Å². The van der Waals surface area contributed by atoms with Crippen molar-refractivity contribution in [2.24, 2.45) is 0 Å². The summed E-state index contributed by atoms with van der Waals surface area (Å²) in [5.74, 6) is -0.0836. The number of aliphatic hydroxyl groups excluding tert-OH is 2. The van der Waals surface area contributed by atoms with E-state index in [1.807, 2.05) is 0 Å². The summed E-state index contributed by atoms with van der Waals surface area (Å²) in [5.41, 5.74) is 2.10. The number of amides is 1. The summed E-state index contributed by atoms with van der Waals surface area (Å²) in [5, 5.41) is 22.8. The summed E-state index contributed by atoms with van der Waals surface area (Å²) in [6, 6.07) is 5.22. The summed E-state index contributed by atoms with van der Waals surface area (Å²) in [6.45, 7) is 1.71. The van der Waals surface area contributed by atoms with Crippen LogP contribution in [0.5, 0.6) is 0 Å². The van der Waals surface area contributed by atoms with E-state index >= 15 is 0 Å². The molecule has 0 radical (unpaired) electrons. The van der Waals surface area contributed by atoms with Crippen LogP contribution < -0.4 is 5.32 Å². The second kappa shape index (κ2) is 6.15. The molecule has 2 unspecified atom stereocenters. The normalized spacial score (nSPS) is 16.6. The average molecular weight is 277 g/mol. The zero-order valence-electron chi connectivity index (χ0n) is 11.4. The minimum absolute atomic E-state index is 0.0850. The van der Waals surface area contributed by atoms with E-state index in [9.17, 15) is 19.8 Å². The van der Waals surface area contributed by atoms with Crippen molar-refractivity contribution < 1.29 is 19.8 Å². The number of rotatable bonds is 5. The van der Waals surface area contributed by atoms with Crippen LogP contribution in [-0.2, 0) is 11.2 Å². The van der Waals surface area contributed by atoms with Gasteiger partial charge in [-0.3, -0.25) is 9.59 Å². The van der Waals surface area contributed by atoms with Crippen LogP contribution in [0.4, 0.5) is 0 Å². The Labute approximate surface area is 117 Å². The Morgan fingerprint density at radius 1 is 1.35 bits per heavy atom. The maximum atomic E-state index is 11.7. The smallest absolute Gasteiger partial charge is 0.216 e. The molecule has 0 aromatic heterocycles. The number of Topliss-reactive ketones (excluding diaryl/α,β-unsaturated/α-hetero) is 1. The lowest BCUT2D eigenvalue weighted by Gasteiger charge is -2.20. The highest BCUT2D eigenvalue weighted by Crippen LogP contribution is 2.31. The number of hydrogen-bond donors (Lipinski definition) is 3. The fraction of sp³-hybridized carbons (Fsp3) is 0.467. The number of ketones is 1. The van der Waals surface area contributed by atoms with Crippen molar-refractivity contribution in [2.75, 3.05) is 6.54 Å². The highest BCUT2D eigenvalue weighted by Gasteiger charge is 2.27. The number of carbonyl (C=O) groups is 2. The molecule has 5 nitrogen and oxygen atoms in total. The molecule has 1 aromatic rings. The van der Waals surface area contributed by atoms with Gasteiger partial charge in [-0.25, -0.2) is 0 Å². The van der Waals surface area contributed by atoms with E-state index in [0.29, 0.717) is 30.5 Å². The Hall–Kier alpha value is -1.72. The summed E-state index contributed by atoms with van der Waals surface area (Å²) < 4.78 is 0. The van der Waals surface area contributed by atoms with E-state index in [1.54, 1.807) is 18.2 Å². The topological polar surface area (TPSA) is 86.6 Å². The highest BCUT2D eigenvalue weighted by atomic mass is 16.3. The first-order valence-corrected chi connectivity index (χ1v) is 6.76. The molecular formula is C15H19NO4.